The third-order valence-corrected chi connectivity index (χ3v) is 3.89. The van der Waals surface area contributed by atoms with Crippen molar-refractivity contribution in [2.45, 2.75) is 46.1 Å². The van der Waals surface area contributed by atoms with Crippen molar-refractivity contribution in [1.29, 1.82) is 0 Å². The van der Waals surface area contributed by atoms with Gasteiger partial charge in [0.1, 0.15) is 5.69 Å². The molecule has 1 heterocycles. The summed E-state index contributed by atoms with van der Waals surface area (Å²) in [4.78, 5) is 12.6. The molecule has 0 aliphatic heterocycles. The van der Waals surface area contributed by atoms with E-state index < -0.39 is 0 Å². The lowest BCUT2D eigenvalue weighted by Crippen LogP contribution is -2.20. The van der Waals surface area contributed by atoms with Gasteiger partial charge in [-0.05, 0) is 28.8 Å². The summed E-state index contributed by atoms with van der Waals surface area (Å²) in [7, 11) is 1.65. The molecule has 1 aromatic heterocycles. The van der Waals surface area contributed by atoms with E-state index in [0.29, 0.717) is 18.8 Å². The number of halogens is 1. The fourth-order valence-electron chi connectivity index (χ4n) is 2.12. The van der Waals surface area contributed by atoms with Crippen molar-refractivity contribution in [2.24, 2.45) is 5.92 Å². The molecule has 0 aromatic carbocycles. The fraction of sp³-hybridized carbons (Fsp3) is 0.714. The van der Waals surface area contributed by atoms with Crippen LogP contribution in [0, 0.1) is 5.92 Å². The Morgan fingerprint density at radius 3 is 2.84 bits per heavy atom. The quantitative estimate of drug-likeness (QED) is 0.648. The van der Waals surface area contributed by atoms with Crippen molar-refractivity contribution in [3.05, 3.63) is 16.4 Å². The molecular weight excluding hydrogens is 308 g/mol. The average Bonchev–Trinajstić information content (AvgIpc) is 2.78. The normalized spacial score (nSPS) is 12.6. The minimum Gasteiger partial charge on any atom is -0.383 e. The molecule has 0 amide bonds. The molecule has 0 radical (unpaired) electrons. The van der Waals surface area contributed by atoms with Gasteiger partial charge in [-0.1, -0.05) is 26.7 Å². The minimum absolute atomic E-state index is 0.0919. The first-order valence-electron chi connectivity index (χ1n) is 6.90. The largest absolute Gasteiger partial charge is 0.383 e. The zero-order valence-electron chi connectivity index (χ0n) is 12.0. The summed E-state index contributed by atoms with van der Waals surface area (Å²) in [6.45, 7) is 5.38. The Labute approximate surface area is 123 Å². The van der Waals surface area contributed by atoms with Gasteiger partial charge >= 0.3 is 0 Å². The zero-order chi connectivity index (χ0) is 14.3. The maximum atomic E-state index is 12.6. The molecule has 108 valence electrons. The van der Waals surface area contributed by atoms with Gasteiger partial charge in [-0.3, -0.25) is 9.48 Å². The molecular formula is C14H23BrN2O2. The fourth-order valence-corrected chi connectivity index (χ4v) is 2.61. The van der Waals surface area contributed by atoms with Crippen LogP contribution in [0.2, 0.25) is 0 Å². The van der Waals surface area contributed by atoms with E-state index in [0.717, 1.165) is 30.2 Å². The number of ketones is 1. The van der Waals surface area contributed by atoms with E-state index in [9.17, 15) is 4.79 Å². The number of hydrogen-bond acceptors (Lipinski definition) is 3. The maximum Gasteiger partial charge on any atom is 0.185 e. The molecule has 0 spiro atoms. The van der Waals surface area contributed by atoms with Crippen molar-refractivity contribution in [2.75, 3.05) is 13.7 Å². The van der Waals surface area contributed by atoms with Crippen LogP contribution in [-0.4, -0.2) is 29.3 Å². The summed E-state index contributed by atoms with van der Waals surface area (Å²) in [6.07, 6.45) is 5.73. The van der Waals surface area contributed by atoms with E-state index >= 15 is 0 Å². The Bertz CT molecular complexity index is 404. The standard InChI is InChI=1S/C14H23BrN2O2/c1-4-6-7-11(5-2)14(18)13-12(15)10-16-17(13)8-9-19-3/h10-11H,4-9H2,1-3H3. The van der Waals surface area contributed by atoms with E-state index in [1.165, 1.54) is 0 Å². The number of carbonyl (C=O) groups excluding carboxylic acids is 1. The number of ether oxygens (including phenoxy) is 1. The molecule has 0 saturated heterocycles. The number of Topliss-reactive ketones (excluding diaryl/α,β-unsaturated/α-hetero) is 1. The second kappa shape index (κ2) is 8.48. The topological polar surface area (TPSA) is 44.1 Å². The molecule has 1 atom stereocenters. The van der Waals surface area contributed by atoms with Gasteiger partial charge in [0.05, 0.1) is 23.8 Å². The molecule has 0 N–H and O–H groups in total. The third-order valence-electron chi connectivity index (χ3n) is 3.31. The number of methoxy groups -OCH3 is 1. The summed E-state index contributed by atoms with van der Waals surface area (Å²) in [5, 5.41) is 4.24. The molecule has 0 aliphatic carbocycles. The summed E-state index contributed by atoms with van der Waals surface area (Å²) in [6, 6.07) is 0. The molecule has 1 aromatic rings. The van der Waals surface area contributed by atoms with Gasteiger partial charge < -0.3 is 4.74 Å². The van der Waals surface area contributed by atoms with Gasteiger partial charge in [-0.25, -0.2) is 0 Å². The SMILES string of the molecule is CCCCC(CC)C(=O)c1c(Br)cnn1CCOC. The van der Waals surface area contributed by atoms with Crippen molar-refractivity contribution in [3.63, 3.8) is 0 Å². The predicted molar refractivity (Wildman–Crippen MR) is 79.4 cm³/mol. The van der Waals surface area contributed by atoms with E-state index in [2.05, 4.69) is 34.9 Å². The van der Waals surface area contributed by atoms with Crippen LogP contribution in [0.5, 0.6) is 0 Å². The number of nitrogens with zero attached hydrogens (tertiary/aromatic N) is 2. The second-order valence-corrected chi connectivity index (χ2v) is 5.52. The van der Waals surface area contributed by atoms with E-state index in [-0.39, 0.29) is 11.7 Å². The average molecular weight is 331 g/mol. The summed E-state index contributed by atoms with van der Waals surface area (Å²) in [5.41, 5.74) is 0.681. The van der Waals surface area contributed by atoms with Crippen LogP contribution in [0.25, 0.3) is 0 Å². The van der Waals surface area contributed by atoms with Gasteiger partial charge in [0.2, 0.25) is 0 Å². The maximum absolute atomic E-state index is 12.6. The van der Waals surface area contributed by atoms with Crippen molar-refractivity contribution in [1.82, 2.24) is 9.78 Å². The highest BCUT2D eigenvalue weighted by molar-refractivity contribution is 9.10. The lowest BCUT2D eigenvalue weighted by atomic mass is 9.93. The highest BCUT2D eigenvalue weighted by atomic mass is 79.9. The predicted octanol–water partition coefficient (Wildman–Crippen LogP) is 3.69. The van der Waals surface area contributed by atoms with Gasteiger partial charge in [0.25, 0.3) is 0 Å². The van der Waals surface area contributed by atoms with Gasteiger partial charge in [-0.2, -0.15) is 5.10 Å². The summed E-state index contributed by atoms with van der Waals surface area (Å²) in [5.74, 6) is 0.283. The Hall–Kier alpha value is -0.680. The molecule has 1 unspecified atom stereocenters. The zero-order valence-corrected chi connectivity index (χ0v) is 13.6. The molecule has 19 heavy (non-hydrogen) atoms. The Balaban J connectivity index is 2.86. The lowest BCUT2D eigenvalue weighted by Gasteiger charge is -2.15. The van der Waals surface area contributed by atoms with Crippen molar-refractivity contribution in [3.8, 4) is 0 Å². The number of hydrogen-bond donors (Lipinski definition) is 0. The van der Waals surface area contributed by atoms with E-state index in [4.69, 9.17) is 4.74 Å². The monoisotopic (exact) mass is 330 g/mol. The van der Waals surface area contributed by atoms with Crippen LogP contribution in [-0.2, 0) is 11.3 Å². The smallest absolute Gasteiger partial charge is 0.185 e. The number of rotatable bonds is 9. The number of carbonyl (C=O) groups is 1. The molecule has 0 aliphatic rings. The molecule has 5 heteroatoms. The molecule has 0 saturated carbocycles. The molecule has 0 fully saturated rings. The first-order valence-corrected chi connectivity index (χ1v) is 7.69. The van der Waals surface area contributed by atoms with Crippen molar-refractivity contribution >= 4 is 21.7 Å². The third kappa shape index (κ3) is 4.42. The van der Waals surface area contributed by atoms with Gasteiger partial charge in [-0.15, -0.1) is 0 Å². The van der Waals surface area contributed by atoms with Crippen LogP contribution in [0.1, 0.15) is 50.0 Å². The van der Waals surface area contributed by atoms with E-state index in [1.54, 1.807) is 18.0 Å². The molecule has 1 rings (SSSR count). The second-order valence-electron chi connectivity index (χ2n) is 4.67. The first kappa shape index (κ1) is 16.4. The number of aromatic nitrogens is 2. The minimum atomic E-state index is 0.0919. The van der Waals surface area contributed by atoms with Gasteiger partial charge in [0, 0.05) is 13.0 Å². The van der Waals surface area contributed by atoms with Crippen molar-refractivity contribution < 1.29 is 9.53 Å². The lowest BCUT2D eigenvalue weighted by molar-refractivity contribution is 0.0892. The van der Waals surface area contributed by atoms with Crippen LogP contribution < -0.4 is 0 Å². The summed E-state index contributed by atoms with van der Waals surface area (Å²) >= 11 is 3.43. The van der Waals surface area contributed by atoms with Crippen LogP contribution in [0.3, 0.4) is 0 Å². The number of unbranched alkanes of at least 4 members (excludes halogenated alkanes) is 1. The van der Waals surface area contributed by atoms with E-state index in [1.807, 2.05) is 0 Å². The Morgan fingerprint density at radius 2 is 2.26 bits per heavy atom. The van der Waals surface area contributed by atoms with Crippen LogP contribution in [0.15, 0.2) is 10.7 Å². The highest BCUT2D eigenvalue weighted by Gasteiger charge is 2.24. The Morgan fingerprint density at radius 1 is 1.53 bits per heavy atom. The Kier molecular flexibility index (Phi) is 7.31. The molecule has 4 nitrogen and oxygen atoms in total. The van der Waals surface area contributed by atoms with Crippen LogP contribution >= 0.6 is 15.9 Å². The highest BCUT2D eigenvalue weighted by Crippen LogP contribution is 2.24. The molecule has 0 bridgehead atoms. The summed E-state index contributed by atoms with van der Waals surface area (Å²) < 4.78 is 7.58. The first-order chi connectivity index (χ1) is 9.15. The van der Waals surface area contributed by atoms with Gasteiger partial charge in [0.15, 0.2) is 5.78 Å². The van der Waals surface area contributed by atoms with Crippen LogP contribution in [0.4, 0.5) is 0 Å².